The molecule has 4 rings (SSSR count). The van der Waals surface area contributed by atoms with Crippen LogP contribution in [0.1, 0.15) is 44.9 Å². The van der Waals surface area contributed by atoms with Gasteiger partial charge in [-0.05, 0) is 37.7 Å². The van der Waals surface area contributed by atoms with E-state index >= 15 is 0 Å². The summed E-state index contributed by atoms with van der Waals surface area (Å²) in [5.74, 6) is -0.00311. The minimum atomic E-state index is -3.75. The number of rotatable bonds is 4. The molecule has 0 N–H and O–H groups in total. The second-order valence-electron chi connectivity index (χ2n) is 8.39. The van der Waals surface area contributed by atoms with Gasteiger partial charge in [0.2, 0.25) is 15.9 Å². The molecule has 8 heteroatoms. The molecular formula is C20H29N3O4S. The van der Waals surface area contributed by atoms with Gasteiger partial charge in [-0.2, -0.15) is 4.31 Å². The Morgan fingerprint density at radius 2 is 2.07 bits per heavy atom. The summed E-state index contributed by atoms with van der Waals surface area (Å²) in [5, 5.41) is 0. The number of allylic oxidation sites excluding steroid dienone is 3. The molecule has 2 fully saturated rings. The highest BCUT2D eigenvalue weighted by Crippen LogP contribution is 2.59. The lowest BCUT2D eigenvalue weighted by Crippen LogP contribution is -2.42. The SMILES string of the molecule is CN(C)C(=O)CS(=O)(=O)N(C)C1CC23CCCCC2=CN2C=CCCC2=C3O1. The maximum atomic E-state index is 12.8. The van der Waals surface area contributed by atoms with E-state index in [2.05, 4.69) is 23.4 Å². The highest BCUT2D eigenvalue weighted by Gasteiger charge is 2.54. The van der Waals surface area contributed by atoms with Crippen molar-refractivity contribution in [1.82, 2.24) is 14.1 Å². The van der Waals surface area contributed by atoms with Gasteiger partial charge in [-0.25, -0.2) is 8.42 Å². The van der Waals surface area contributed by atoms with Gasteiger partial charge in [0.15, 0.2) is 6.23 Å². The summed E-state index contributed by atoms with van der Waals surface area (Å²) < 4.78 is 33.3. The van der Waals surface area contributed by atoms with Crippen molar-refractivity contribution in [3.05, 3.63) is 35.5 Å². The molecule has 154 valence electrons. The average Bonchev–Trinajstić information content (AvgIpc) is 3.04. The Hall–Kier alpha value is -1.80. The van der Waals surface area contributed by atoms with Crippen LogP contribution in [0.4, 0.5) is 0 Å². The number of amides is 1. The number of hydrogen-bond acceptors (Lipinski definition) is 5. The molecule has 1 spiro atoms. The maximum absolute atomic E-state index is 12.8. The predicted octanol–water partition coefficient (Wildman–Crippen LogP) is 2.36. The lowest BCUT2D eigenvalue weighted by atomic mass is 9.66. The first-order chi connectivity index (χ1) is 13.2. The van der Waals surface area contributed by atoms with Crippen LogP contribution in [-0.4, -0.2) is 61.6 Å². The summed E-state index contributed by atoms with van der Waals surface area (Å²) in [6.07, 6.45) is 12.7. The van der Waals surface area contributed by atoms with Gasteiger partial charge in [0, 0.05) is 40.0 Å². The van der Waals surface area contributed by atoms with Crippen LogP contribution < -0.4 is 0 Å². The van der Waals surface area contributed by atoms with Crippen molar-refractivity contribution in [2.24, 2.45) is 5.41 Å². The second-order valence-corrected chi connectivity index (χ2v) is 10.4. The largest absolute Gasteiger partial charge is 0.476 e. The van der Waals surface area contributed by atoms with Crippen LogP contribution in [0.2, 0.25) is 0 Å². The highest BCUT2D eigenvalue weighted by molar-refractivity contribution is 7.89. The van der Waals surface area contributed by atoms with E-state index in [9.17, 15) is 13.2 Å². The van der Waals surface area contributed by atoms with Crippen LogP contribution in [-0.2, 0) is 19.6 Å². The van der Waals surface area contributed by atoms with Gasteiger partial charge in [-0.1, -0.05) is 12.5 Å². The number of ether oxygens (including phenoxy) is 1. The molecule has 3 heterocycles. The first kappa shape index (κ1) is 19.5. The molecule has 1 saturated heterocycles. The molecule has 2 atom stereocenters. The summed E-state index contributed by atoms with van der Waals surface area (Å²) in [4.78, 5) is 15.5. The molecule has 0 aromatic carbocycles. The van der Waals surface area contributed by atoms with Crippen LogP contribution in [0.3, 0.4) is 0 Å². The fourth-order valence-electron chi connectivity index (χ4n) is 4.76. The quantitative estimate of drug-likeness (QED) is 0.716. The fourth-order valence-corrected chi connectivity index (χ4v) is 6.01. The Labute approximate surface area is 167 Å². The first-order valence-corrected chi connectivity index (χ1v) is 11.6. The lowest BCUT2D eigenvalue weighted by molar-refractivity contribution is -0.126. The summed E-state index contributed by atoms with van der Waals surface area (Å²) in [7, 11) is 0.908. The Morgan fingerprint density at radius 1 is 1.29 bits per heavy atom. The first-order valence-electron chi connectivity index (χ1n) is 9.97. The summed E-state index contributed by atoms with van der Waals surface area (Å²) >= 11 is 0. The maximum Gasteiger partial charge on any atom is 0.238 e. The molecule has 1 saturated carbocycles. The zero-order chi connectivity index (χ0) is 20.1. The third-order valence-corrected chi connectivity index (χ3v) is 8.18. The number of carbonyl (C=O) groups excluding carboxylic acids is 1. The van der Waals surface area contributed by atoms with Gasteiger partial charge in [-0.15, -0.1) is 0 Å². The summed E-state index contributed by atoms with van der Waals surface area (Å²) in [6, 6.07) is 0. The average molecular weight is 408 g/mol. The predicted molar refractivity (Wildman–Crippen MR) is 106 cm³/mol. The van der Waals surface area contributed by atoms with Crippen molar-refractivity contribution < 1.29 is 17.9 Å². The van der Waals surface area contributed by atoms with Gasteiger partial charge >= 0.3 is 0 Å². The van der Waals surface area contributed by atoms with Crippen LogP contribution >= 0.6 is 0 Å². The van der Waals surface area contributed by atoms with Gasteiger partial charge in [-0.3, -0.25) is 4.79 Å². The minimum absolute atomic E-state index is 0.185. The van der Waals surface area contributed by atoms with E-state index in [-0.39, 0.29) is 5.41 Å². The van der Waals surface area contributed by atoms with Crippen LogP contribution in [0, 0.1) is 5.41 Å². The van der Waals surface area contributed by atoms with Gasteiger partial charge in [0.25, 0.3) is 0 Å². The molecule has 4 aliphatic rings. The molecule has 0 aromatic rings. The van der Waals surface area contributed by atoms with E-state index < -0.39 is 27.9 Å². The molecule has 2 unspecified atom stereocenters. The monoisotopic (exact) mass is 407 g/mol. The number of nitrogens with zero attached hydrogens (tertiary/aromatic N) is 3. The van der Waals surface area contributed by atoms with E-state index in [1.807, 2.05) is 0 Å². The zero-order valence-electron chi connectivity index (χ0n) is 16.8. The number of carbonyl (C=O) groups is 1. The Bertz CT molecular complexity index is 874. The van der Waals surface area contributed by atoms with E-state index in [0.29, 0.717) is 6.42 Å². The van der Waals surface area contributed by atoms with Crippen molar-refractivity contribution in [1.29, 1.82) is 0 Å². The van der Waals surface area contributed by atoms with Crippen molar-refractivity contribution in [2.75, 3.05) is 26.9 Å². The van der Waals surface area contributed by atoms with Gasteiger partial charge in [0.05, 0.1) is 11.1 Å². The second kappa shape index (κ2) is 6.91. The molecule has 0 radical (unpaired) electrons. The molecule has 1 aliphatic carbocycles. The van der Waals surface area contributed by atoms with E-state index in [4.69, 9.17) is 4.74 Å². The van der Waals surface area contributed by atoms with E-state index in [1.165, 1.54) is 21.8 Å². The standard InChI is InChI=1S/C20H29N3O4S/c1-21(2)17(24)14-28(25,26)22(3)18-12-20-10-6-4-8-15(20)13-23-11-7-5-9-16(23)19(20)27-18/h7,11,13,18H,4-6,8-10,12,14H2,1-3H3. The third kappa shape index (κ3) is 3.06. The Kier molecular flexibility index (Phi) is 4.82. The lowest BCUT2D eigenvalue weighted by Gasteiger charge is -2.42. The molecule has 1 amide bonds. The molecule has 7 nitrogen and oxygen atoms in total. The topological polar surface area (TPSA) is 70.2 Å². The van der Waals surface area contributed by atoms with Crippen LogP contribution in [0.25, 0.3) is 0 Å². The Balaban J connectivity index is 1.66. The van der Waals surface area contributed by atoms with Crippen molar-refractivity contribution in [3.63, 3.8) is 0 Å². The number of hydrogen-bond donors (Lipinski definition) is 0. The minimum Gasteiger partial charge on any atom is -0.476 e. The zero-order valence-corrected chi connectivity index (χ0v) is 17.7. The molecular weight excluding hydrogens is 378 g/mol. The fraction of sp³-hybridized carbons (Fsp3) is 0.650. The normalized spacial score (nSPS) is 29.1. The van der Waals surface area contributed by atoms with Crippen LogP contribution in [0.5, 0.6) is 0 Å². The summed E-state index contributed by atoms with van der Waals surface area (Å²) in [5.41, 5.74) is 2.32. The van der Waals surface area contributed by atoms with Crippen molar-refractivity contribution >= 4 is 15.9 Å². The van der Waals surface area contributed by atoms with E-state index in [0.717, 1.165) is 50.0 Å². The van der Waals surface area contributed by atoms with Crippen molar-refractivity contribution in [2.45, 2.75) is 51.2 Å². The smallest absolute Gasteiger partial charge is 0.238 e. The molecule has 3 aliphatic heterocycles. The third-order valence-electron chi connectivity index (χ3n) is 6.46. The highest BCUT2D eigenvalue weighted by atomic mass is 32.2. The molecule has 28 heavy (non-hydrogen) atoms. The van der Waals surface area contributed by atoms with Gasteiger partial charge in [0.1, 0.15) is 11.5 Å². The number of sulfonamides is 1. The molecule has 0 bridgehead atoms. The van der Waals surface area contributed by atoms with Crippen molar-refractivity contribution in [3.8, 4) is 0 Å². The number of fused-ring (bicyclic) bond motifs is 1. The van der Waals surface area contributed by atoms with E-state index in [1.54, 1.807) is 14.1 Å². The van der Waals surface area contributed by atoms with Gasteiger partial charge < -0.3 is 14.5 Å². The van der Waals surface area contributed by atoms with Crippen LogP contribution in [0.15, 0.2) is 35.5 Å². The Morgan fingerprint density at radius 3 is 2.82 bits per heavy atom. The summed E-state index contributed by atoms with van der Waals surface area (Å²) in [6.45, 7) is 0. The molecule has 0 aromatic heterocycles.